The van der Waals surface area contributed by atoms with Crippen LogP contribution in [0.5, 0.6) is 5.75 Å². The second kappa shape index (κ2) is 3.81. The highest BCUT2D eigenvalue weighted by atomic mass is 16.5. The zero-order valence-corrected chi connectivity index (χ0v) is 8.49. The molecule has 1 aliphatic heterocycles. The van der Waals surface area contributed by atoms with Gasteiger partial charge < -0.3 is 15.2 Å². The number of hydrogen-bond donors (Lipinski definition) is 2. The Morgan fingerprint density at radius 1 is 1.60 bits per heavy atom. The molecule has 0 radical (unpaired) electrons. The van der Waals surface area contributed by atoms with E-state index >= 15 is 0 Å². The fourth-order valence-corrected chi connectivity index (χ4v) is 1.88. The van der Waals surface area contributed by atoms with E-state index in [1.165, 1.54) is 0 Å². The van der Waals surface area contributed by atoms with Gasteiger partial charge in [-0.05, 0) is 30.2 Å². The first-order valence-corrected chi connectivity index (χ1v) is 4.87. The van der Waals surface area contributed by atoms with Crippen molar-refractivity contribution in [3.05, 3.63) is 23.8 Å². The highest BCUT2D eigenvalue weighted by molar-refractivity contribution is 5.80. The van der Waals surface area contributed by atoms with Crippen LogP contribution in [0.15, 0.2) is 18.2 Å². The molecule has 2 N–H and O–H groups in total. The second-order valence-corrected chi connectivity index (χ2v) is 3.56. The molecule has 1 heterocycles. The summed E-state index contributed by atoms with van der Waals surface area (Å²) >= 11 is 0. The van der Waals surface area contributed by atoms with Gasteiger partial charge in [-0.3, -0.25) is 4.79 Å². The normalized spacial score (nSPS) is 18.9. The number of anilines is 1. The van der Waals surface area contributed by atoms with Crippen LogP contribution < -0.4 is 10.1 Å². The van der Waals surface area contributed by atoms with Gasteiger partial charge >= 0.3 is 5.97 Å². The van der Waals surface area contributed by atoms with Crippen molar-refractivity contribution in [1.29, 1.82) is 0 Å². The number of carbonyl (C=O) groups is 1. The largest absolute Gasteiger partial charge is 0.497 e. The summed E-state index contributed by atoms with van der Waals surface area (Å²) in [5.74, 6) is -0.494. The Balaban J connectivity index is 2.43. The van der Waals surface area contributed by atoms with Gasteiger partial charge in [0.1, 0.15) is 5.75 Å². The molecule has 1 aliphatic rings. The van der Waals surface area contributed by atoms with Crippen LogP contribution in [0.1, 0.15) is 17.9 Å². The standard InChI is InChI=1S/C11H13NO3/c1-15-7-2-3-10-9(6-7)8(11(13)14)4-5-12-10/h2-3,6,8,12H,4-5H2,1H3,(H,13,14). The molecule has 1 unspecified atom stereocenters. The van der Waals surface area contributed by atoms with E-state index in [0.29, 0.717) is 18.7 Å². The fraction of sp³-hybridized carbons (Fsp3) is 0.364. The minimum atomic E-state index is -0.772. The van der Waals surface area contributed by atoms with E-state index in [0.717, 1.165) is 11.3 Å². The van der Waals surface area contributed by atoms with Gasteiger partial charge in [0.2, 0.25) is 0 Å². The van der Waals surface area contributed by atoms with Crippen LogP contribution in [0.4, 0.5) is 5.69 Å². The number of fused-ring (bicyclic) bond motifs is 1. The average molecular weight is 207 g/mol. The summed E-state index contributed by atoms with van der Waals surface area (Å²) in [7, 11) is 1.58. The minimum Gasteiger partial charge on any atom is -0.497 e. The summed E-state index contributed by atoms with van der Waals surface area (Å²) in [5.41, 5.74) is 1.71. The van der Waals surface area contributed by atoms with Gasteiger partial charge in [-0.25, -0.2) is 0 Å². The van der Waals surface area contributed by atoms with E-state index in [2.05, 4.69) is 5.32 Å². The third-order valence-electron chi connectivity index (χ3n) is 2.68. The van der Waals surface area contributed by atoms with Crippen LogP contribution in [-0.2, 0) is 4.79 Å². The van der Waals surface area contributed by atoms with Crippen LogP contribution in [-0.4, -0.2) is 24.7 Å². The van der Waals surface area contributed by atoms with Crippen molar-refractivity contribution in [3.8, 4) is 5.75 Å². The number of carboxylic acid groups (broad SMARTS) is 1. The van der Waals surface area contributed by atoms with Crippen molar-refractivity contribution in [3.63, 3.8) is 0 Å². The summed E-state index contributed by atoms with van der Waals surface area (Å²) in [4.78, 5) is 11.0. The number of benzene rings is 1. The van der Waals surface area contributed by atoms with Gasteiger partial charge in [0.15, 0.2) is 0 Å². The lowest BCUT2D eigenvalue weighted by Crippen LogP contribution is -2.22. The topological polar surface area (TPSA) is 58.6 Å². The van der Waals surface area contributed by atoms with Crippen molar-refractivity contribution < 1.29 is 14.6 Å². The Kier molecular flexibility index (Phi) is 2.49. The maximum Gasteiger partial charge on any atom is 0.311 e. The first kappa shape index (κ1) is 9.83. The molecule has 0 aliphatic carbocycles. The molecule has 0 aromatic heterocycles. The monoisotopic (exact) mass is 207 g/mol. The number of carboxylic acids is 1. The van der Waals surface area contributed by atoms with Crippen LogP contribution >= 0.6 is 0 Å². The highest BCUT2D eigenvalue weighted by Gasteiger charge is 2.26. The summed E-state index contributed by atoms with van der Waals surface area (Å²) in [5, 5.41) is 12.3. The van der Waals surface area contributed by atoms with E-state index in [1.54, 1.807) is 13.2 Å². The molecule has 0 fully saturated rings. The van der Waals surface area contributed by atoms with E-state index in [1.807, 2.05) is 12.1 Å². The van der Waals surface area contributed by atoms with Gasteiger partial charge in [-0.15, -0.1) is 0 Å². The van der Waals surface area contributed by atoms with Crippen molar-refractivity contribution in [2.24, 2.45) is 0 Å². The van der Waals surface area contributed by atoms with Crippen LogP contribution in [0.25, 0.3) is 0 Å². The smallest absolute Gasteiger partial charge is 0.311 e. The van der Waals surface area contributed by atoms with Gasteiger partial charge in [0.05, 0.1) is 13.0 Å². The molecule has 0 amide bonds. The molecule has 1 atom stereocenters. The Morgan fingerprint density at radius 2 is 2.40 bits per heavy atom. The number of ether oxygens (including phenoxy) is 1. The molecule has 15 heavy (non-hydrogen) atoms. The maximum atomic E-state index is 11.0. The predicted molar refractivity (Wildman–Crippen MR) is 56.5 cm³/mol. The predicted octanol–water partition coefficient (Wildman–Crippen LogP) is 1.68. The highest BCUT2D eigenvalue weighted by Crippen LogP contribution is 2.34. The van der Waals surface area contributed by atoms with Gasteiger partial charge in [0, 0.05) is 12.2 Å². The molecule has 0 bridgehead atoms. The average Bonchev–Trinajstić information content (AvgIpc) is 2.27. The zero-order valence-electron chi connectivity index (χ0n) is 8.49. The number of hydrogen-bond acceptors (Lipinski definition) is 3. The van der Waals surface area contributed by atoms with E-state index in [4.69, 9.17) is 9.84 Å². The third-order valence-corrected chi connectivity index (χ3v) is 2.68. The molecule has 0 saturated heterocycles. The summed E-state index contributed by atoms with van der Waals surface area (Å²) < 4.78 is 5.09. The van der Waals surface area contributed by atoms with Crippen LogP contribution in [0.2, 0.25) is 0 Å². The van der Waals surface area contributed by atoms with Crippen molar-refractivity contribution in [2.75, 3.05) is 19.0 Å². The number of aliphatic carboxylic acids is 1. The maximum absolute atomic E-state index is 11.0. The van der Waals surface area contributed by atoms with E-state index in [-0.39, 0.29) is 0 Å². The molecular formula is C11H13NO3. The quantitative estimate of drug-likeness (QED) is 0.774. The lowest BCUT2D eigenvalue weighted by Gasteiger charge is -2.24. The molecule has 0 spiro atoms. The number of rotatable bonds is 2. The number of methoxy groups -OCH3 is 1. The van der Waals surface area contributed by atoms with Crippen LogP contribution in [0, 0.1) is 0 Å². The Hall–Kier alpha value is -1.71. The third kappa shape index (κ3) is 1.75. The Labute approximate surface area is 87.9 Å². The summed E-state index contributed by atoms with van der Waals surface area (Å²) in [6.45, 7) is 0.705. The number of nitrogens with one attached hydrogen (secondary N) is 1. The zero-order chi connectivity index (χ0) is 10.8. The summed E-state index contributed by atoms with van der Waals surface area (Å²) in [6, 6.07) is 5.49. The minimum absolute atomic E-state index is 0.420. The van der Waals surface area contributed by atoms with Crippen LogP contribution in [0.3, 0.4) is 0 Å². The van der Waals surface area contributed by atoms with Gasteiger partial charge in [0.25, 0.3) is 0 Å². The van der Waals surface area contributed by atoms with E-state index < -0.39 is 11.9 Å². The summed E-state index contributed by atoms with van der Waals surface area (Å²) in [6.07, 6.45) is 0.621. The second-order valence-electron chi connectivity index (χ2n) is 3.56. The molecule has 80 valence electrons. The van der Waals surface area contributed by atoms with Crippen molar-refractivity contribution in [2.45, 2.75) is 12.3 Å². The van der Waals surface area contributed by atoms with Gasteiger partial charge in [-0.2, -0.15) is 0 Å². The first-order valence-electron chi connectivity index (χ1n) is 4.87. The Morgan fingerprint density at radius 3 is 3.07 bits per heavy atom. The SMILES string of the molecule is COc1ccc2c(c1)C(C(=O)O)CCN2. The fourth-order valence-electron chi connectivity index (χ4n) is 1.88. The van der Waals surface area contributed by atoms with Crippen molar-refractivity contribution in [1.82, 2.24) is 0 Å². The lowest BCUT2D eigenvalue weighted by atomic mass is 9.91. The van der Waals surface area contributed by atoms with Crippen molar-refractivity contribution >= 4 is 11.7 Å². The molecular weight excluding hydrogens is 194 g/mol. The Bertz CT molecular complexity index is 389. The first-order chi connectivity index (χ1) is 7.22. The molecule has 1 aromatic rings. The molecule has 4 heteroatoms. The molecule has 1 aromatic carbocycles. The van der Waals surface area contributed by atoms with Gasteiger partial charge in [-0.1, -0.05) is 0 Å². The van der Waals surface area contributed by atoms with E-state index in [9.17, 15) is 4.79 Å². The molecule has 0 saturated carbocycles. The molecule has 4 nitrogen and oxygen atoms in total. The lowest BCUT2D eigenvalue weighted by molar-refractivity contribution is -0.138. The molecule has 2 rings (SSSR count).